The van der Waals surface area contributed by atoms with E-state index < -0.39 is 0 Å². The first-order chi connectivity index (χ1) is 8.74. The summed E-state index contributed by atoms with van der Waals surface area (Å²) in [5.74, 6) is -0.200. The van der Waals surface area contributed by atoms with E-state index in [1.54, 1.807) is 4.90 Å². The van der Waals surface area contributed by atoms with Crippen LogP contribution in [0.1, 0.15) is 36.0 Å². The molecule has 0 aliphatic heterocycles. The largest absolute Gasteiger partial charge is 0.367 e. The summed E-state index contributed by atoms with van der Waals surface area (Å²) in [6.07, 6.45) is 7.31. The normalized spacial score (nSPS) is 15.8. The Morgan fingerprint density at radius 1 is 1.44 bits per heavy atom. The zero-order valence-electron chi connectivity index (χ0n) is 10.4. The Bertz CT molecular complexity index is 463. The summed E-state index contributed by atoms with van der Waals surface area (Å²) in [7, 11) is 0. The van der Waals surface area contributed by atoms with Gasteiger partial charge in [0.2, 0.25) is 0 Å². The van der Waals surface area contributed by atoms with Gasteiger partial charge < -0.3 is 15.6 Å². The Labute approximate surface area is 106 Å². The highest BCUT2D eigenvalue weighted by atomic mass is 16.2. The topological polar surface area (TPSA) is 79.2 Å². The molecule has 1 aromatic rings. The molecule has 1 aromatic heterocycles. The number of hydrogen-bond acceptors (Lipinski definition) is 3. The summed E-state index contributed by atoms with van der Waals surface area (Å²) in [4.78, 5) is 28.6. The SMILES string of the molecule is NCCN(C(=O)c1c[nH]ccc1=O)C1CCCC1. The van der Waals surface area contributed by atoms with Gasteiger partial charge in [0, 0.05) is 37.6 Å². The molecular weight excluding hydrogens is 230 g/mol. The third kappa shape index (κ3) is 2.61. The molecule has 2 rings (SSSR count). The minimum absolute atomic E-state index is 0.200. The van der Waals surface area contributed by atoms with Gasteiger partial charge in [-0.1, -0.05) is 12.8 Å². The van der Waals surface area contributed by atoms with Crippen LogP contribution in [0, 0.1) is 0 Å². The molecule has 0 unspecified atom stereocenters. The van der Waals surface area contributed by atoms with Crippen molar-refractivity contribution in [3.05, 3.63) is 34.2 Å². The number of nitrogens with zero attached hydrogens (tertiary/aromatic N) is 1. The molecule has 0 saturated heterocycles. The lowest BCUT2D eigenvalue weighted by Crippen LogP contribution is -2.43. The summed E-state index contributed by atoms with van der Waals surface area (Å²) >= 11 is 0. The van der Waals surface area contributed by atoms with Crippen LogP contribution in [0.2, 0.25) is 0 Å². The van der Waals surface area contributed by atoms with Crippen LogP contribution < -0.4 is 11.2 Å². The summed E-state index contributed by atoms with van der Waals surface area (Å²) in [6, 6.07) is 1.61. The molecule has 1 heterocycles. The van der Waals surface area contributed by atoms with Crippen molar-refractivity contribution in [3.8, 4) is 0 Å². The maximum Gasteiger partial charge on any atom is 0.259 e. The zero-order valence-corrected chi connectivity index (χ0v) is 10.4. The highest BCUT2D eigenvalue weighted by Gasteiger charge is 2.27. The second kappa shape index (κ2) is 5.82. The molecule has 3 N–H and O–H groups in total. The Balaban J connectivity index is 2.22. The van der Waals surface area contributed by atoms with Crippen molar-refractivity contribution >= 4 is 5.91 Å². The molecule has 1 aliphatic rings. The molecule has 1 amide bonds. The van der Waals surface area contributed by atoms with E-state index in [1.807, 2.05) is 0 Å². The van der Waals surface area contributed by atoms with Crippen LogP contribution in [0.3, 0.4) is 0 Å². The lowest BCUT2D eigenvalue weighted by molar-refractivity contribution is 0.0686. The van der Waals surface area contributed by atoms with Crippen LogP contribution in [0.4, 0.5) is 0 Å². The zero-order chi connectivity index (χ0) is 13.0. The van der Waals surface area contributed by atoms with E-state index >= 15 is 0 Å². The standard InChI is InChI=1S/C13H19N3O2/c14-6-8-16(10-3-1-2-4-10)13(18)11-9-15-7-5-12(11)17/h5,7,9-10H,1-4,6,8,14H2,(H,15,17). The number of hydrogen-bond donors (Lipinski definition) is 2. The van der Waals surface area contributed by atoms with Crippen molar-refractivity contribution < 1.29 is 4.79 Å². The van der Waals surface area contributed by atoms with Crippen molar-refractivity contribution in [1.29, 1.82) is 0 Å². The molecule has 5 nitrogen and oxygen atoms in total. The molecule has 0 aromatic carbocycles. The monoisotopic (exact) mass is 249 g/mol. The number of rotatable bonds is 4. The van der Waals surface area contributed by atoms with Gasteiger partial charge in [0.25, 0.3) is 5.91 Å². The predicted molar refractivity (Wildman–Crippen MR) is 69.4 cm³/mol. The molecule has 0 spiro atoms. The minimum atomic E-state index is -0.237. The van der Waals surface area contributed by atoms with Gasteiger partial charge in [-0.05, 0) is 12.8 Å². The molecule has 1 saturated carbocycles. The number of aromatic amines is 1. The molecule has 18 heavy (non-hydrogen) atoms. The number of aromatic nitrogens is 1. The lowest BCUT2D eigenvalue weighted by atomic mass is 10.1. The minimum Gasteiger partial charge on any atom is -0.367 e. The van der Waals surface area contributed by atoms with Gasteiger partial charge in [0.1, 0.15) is 5.56 Å². The number of pyridine rings is 1. The van der Waals surface area contributed by atoms with Gasteiger partial charge in [-0.3, -0.25) is 9.59 Å². The first kappa shape index (κ1) is 12.8. The number of carbonyl (C=O) groups is 1. The predicted octanol–water partition coefficient (Wildman–Crippen LogP) is 0.718. The smallest absolute Gasteiger partial charge is 0.259 e. The molecule has 5 heteroatoms. The van der Waals surface area contributed by atoms with Crippen LogP contribution in [0.5, 0.6) is 0 Å². The van der Waals surface area contributed by atoms with Crippen molar-refractivity contribution in [3.63, 3.8) is 0 Å². The van der Waals surface area contributed by atoms with Crippen LogP contribution >= 0.6 is 0 Å². The van der Waals surface area contributed by atoms with Gasteiger partial charge in [-0.25, -0.2) is 0 Å². The van der Waals surface area contributed by atoms with Crippen LogP contribution in [0.15, 0.2) is 23.3 Å². The molecular formula is C13H19N3O2. The van der Waals surface area contributed by atoms with E-state index in [9.17, 15) is 9.59 Å². The Kier molecular flexibility index (Phi) is 4.15. The van der Waals surface area contributed by atoms with E-state index in [0.29, 0.717) is 13.1 Å². The van der Waals surface area contributed by atoms with E-state index in [0.717, 1.165) is 25.7 Å². The van der Waals surface area contributed by atoms with Crippen molar-refractivity contribution in [1.82, 2.24) is 9.88 Å². The van der Waals surface area contributed by atoms with Crippen molar-refractivity contribution in [2.24, 2.45) is 5.73 Å². The van der Waals surface area contributed by atoms with Crippen molar-refractivity contribution in [2.75, 3.05) is 13.1 Å². The van der Waals surface area contributed by atoms with Gasteiger partial charge in [0.05, 0.1) is 0 Å². The highest BCUT2D eigenvalue weighted by molar-refractivity contribution is 5.94. The number of H-pyrrole nitrogens is 1. The average Bonchev–Trinajstić information content (AvgIpc) is 2.89. The van der Waals surface area contributed by atoms with Gasteiger partial charge in [-0.2, -0.15) is 0 Å². The molecule has 98 valence electrons. The van der Waals surface area contributed by atoms with Crippen LogP contribution in [-0.2, 0) is 0 Å². The highest BCUT2D eigenvalue weighted by Crippen LogP contribution is 2.24. The van der Waals surface area contributed by atoms with E-state index in [2.05, 4.69) is 4.98 Å². The number of carbonyl (C=O) groups excluding carboxylic acids is 1. The first-order valence-corrected chi connectivity index (χ1v) is 6.42. The van der Waals surface area contributed by atoms with Gasteiger partial charge in [-0.15, -0.1) is 0 Å². The van der Waals surface area contributed by atoms with Gasteiger partial charge >= 0.3 is 0 Å². The fourth-order valence-corrected chi connectivity index (χ4v) is 2.54. The second-order valence-corrected chi connectivity index (χ2v) is 4.65. The number of nitrogens with two attached hydrogens (primary N) is 1. The van der Waals surface area contributed by atoms with Crippen LogP contribution in [0.25, 0.3) is 0 Å². The fraction of sp³-hybridized carbons (Fsp3) is 0.538. The summed E-state index contributed by atoms with van der Waals surface area (Å²) < 4.78 is 0. The van der Waals surface area contributed by atoms with Crippen LogP contribution in [-0.4, -0.2) is 34.9 Å². The van der Waals surface area contributed by atoms with Gasteiger partial charge in [0.15, 0.2) is 5.43 Å². The Hall–Kier alpha value is -1.62. The molecule has 0 radical (unpaired) electrons. The van der Waals surface area contributed by atoms with E-state index in [4.69, 9.17) is 5.73 Å². The molecule has 1 aliphatic carbocycles. The molecule has 1 fully saturated rings. The van der Waals surface area contributed by atoms with Crippen molar-refractivity contribution in [2.45, 2.75) is 31.7 Å². The number of amides is 1. The quantitative estimate of drug-likeness (QED) is 0.825. The summed E-state index contributed by atoms with van der Waals surface area (Å²) in [5, 5.41) is 0. The lowest BCUT2D eigenvalue weighted by Gasteiger charge is -2.28. The third-order valence-corrected chi connectivity index (χ3v) is 3.45. The Morgan fingerprint density at radius 3 is 2.78 bits per heavy atom. The average molecular weight is 249 g/mol. The maximum atomic E-state index is 12.4. The third-order valence-electron chi connectivity index (χ3n) is 3.45. The second-order valence-electron chi connectivity index (χ2n) is 4.65. The molecule has 0 bridgehead atoms. The first-order valence-electron chi connectivity index (χ1n) is 6.42. The molecule has 0 atom stereocenters. The Morgan fingerprint density at radius 2 is 2.17 bits per heavy atom. The van der Waals surface area contributed by atoms with E-state index in [-0.39, 0.29) is 22.9 Å². The maximum absolute atomic E-state index is 12.4. The number of nitrogens with one attached hydrogen (secondary N) is 1. The summed E-state index contributed by atoms with van der Waals surface area (Å²) in [5.41, 5.74) is 5.54. The fourth-order valence-electron chi connectivity index (χ4n) is 2.54. The van der Waals surface area contributed by atoms with E-state index in [1.165, 1.54) is 18.5 Å². The summed E-state index contributed by atoms with van der Waals surface area (Å²) in [6.45, 7) is 0.935.